The van der Waals surface area contributed by atoms with Crippen molar-refractivity contribution in [3.8, 4) is 21.7 Å². The van der Waals surface area contributed by atoms with Crippen molar-refractivity contribution in [2.24, 2.45) is 0 Å². The Morgan fingerprint density at radius 2 is 1.96 bits per heavy atom. The summed E-state index contributed by atoms with van der Waals surface area (Å²) in [6, 6.07) is 13.9. The highest BCUT2D eigenvalue weighted by molar-refractivity contribution is 7.18. The lowest BCUT2D eigenvalue weighted by Crippen LogP contribution is -2.01. The van der Waals surface area contributed by atoms with Crippen LogP contribution in [-0.2, 0) is 4.74 Å². The van der Waals surface area contributed by atoms with Crippen LogP contribution in [0.5, 0.6) is 0 Å². The summed E-state index contributed by atoms with van der Waals surface area (Å²) in [7, 11) is 3.18. The van der Waals surface area contributed by atoms with Crippen LogP contribution in [0.25, 0.3) is 27.3 Å². The summed E-state index contributed by atoms with van der Waals surface area (Å²) in [5.41, 5.74) is 4.50. The lowest BCUT2D eigenvalue weighted by atomic mass is 10.1. The van der Waals surface area contributed by atoms with Gasteiger partial charge in [-0.2, -0.15) is 5.10 Å². The number of methoxy groups -OCH3 is 1. The SMILES string of the molecule is CNc1cc(-c2ccc(-c3cc4ncccn4n3)cc2)sc1C(=O)OC. The molecule has 26 heavy (non-hydrogen) atoms. The van der Waals surface area contributed by atoms with E-state index in [1.807, 2.05) is 48.7 Å². The molecule has 0 fully saturated rings. The minimum Gasteiger partial charge on any atom is -0.465 e. The molecule has 0 aliphatic rings. The standard InChI is InChI=1S/C19H16N4O2S/c1-20-15-10-16(26-18(15)19(24)25-2)13-6-4-12(5-7-13)14-11-17-21-8-3-9-23(17)22-14/h3-11,20H,1-2H3. The number of ether oxygens (including phenoxy) is 1. The number of benzene rings is 1. The summed E-state index contributed by atoms with van der Waals surface area (Å²) < 4.78 is 6.60. The second kappa shape index (κ2) is 6.61. The van der Waals surface area contributed by atoms with Crippen LogP contribution in [-0.4, -0.2) is 34.7 Å². The molecule has 130 valence electrons. The van der Waals surface area contributed by atoms with Gasteiger partial charge in [0.05, 0.1) is 18.5 Å². The molecule has 0 unspecified atom stereocenters. The molecule has 6 nitrogen and oxygen atoms in total. The summed E-state index contributed by atoms with van der Waals surface area (Å²) in [5, 5.41) is 7.58. The zero-order valence-corrected chi connectivity index (χ0v) is 15.1. The van der Waals surface area contributed by atoms with E-state index in [4.69, 9.17) is 4.74 Å². The normalized spacial score (nSPS) is 10.8. The molecule has 0 aliphatic carbocycles. The van der Waals surface area contributed by atoms with E-state index in [1.165, 1.54) is 18.4 Å². The Morgan fingerprint density at radius 1 is 1.19 bits per heavy atom. The highest BCUT2D eigenvalue weighted by atomic mass is 32.1. The van der Waals surface area contributed by atoms with E-state index >= 15 is 0 Å². The van der Waals surface area contributed by atoms with E-state index < -0.39 is 0 Å². The van der Waals surface area contributed by atoms with Crippen molar-refractivity contribution >= 4 is 28.6 Å². The van der Waals surface area contributed by atoms with Crippen molar-refractivity contribution in [1.29, 1.82) is 0 Å². The molecule has 0 aliphatic heterocycles. The largest absolute Gasteiger partial charge is 0.465 e. The van der Waals surface area contributed by atoms with Crippen LogP contribution in [0.15, 0.2) is 54.9 Å². The molecule has 0 amide bonds. The zero-order valence-electron chi connectivity index (χ0n) is 14.3. The second-order valence-corrected chi connectivity index (χ2v) is 6.68. The molecule has 0 saturated carbocycles. The molecule has 4 rings (SSSR count). The third kappa shape index (κ3) is 2.82. The Balaban J connectivity index is 1.67. The fourth-order valence-electron chi connectivity index (χ4n) is 2.74. The van der Waals surface area contributed by atoms with Crippen LogP contribution >= 0.6 is 11.3 Å². The Hall–Kier alpha value is -3.19. The van der Waals surface area contributed by atoms with Crippen LogP contribution in [0.2, 0.25) is 0 Å². The molecule has 4 aromatic rings. The smallest absolute Gasteiger partial charge is 0.350 e. The lowest BCUT2D eigenvalue weighted by Gasteiger charge is -2.00. The fourth-order valence-corrected chi connectivity index (χ4v) is 3.83. The van der Waals surface area contributed by atoms with Crippen molar-refractivity contribution < 1.29 is 9.53 Å². The number of fused-ring (bicyclic) bond motifs is 1. The molecule has 3 heterocycles. The maximum Gasteiger partial charge on any atom is 0.350 e. The van der Waals surface area contributed by atoms with Crippen molar-refractivity contribution in [3.63, 3.8) is 0 Å². The number of anilines is 1. The van der Waals surface area contributed by atoms with Crippen molar-refractivity contribution in [1.82, 2.24) is 14.6 Å². The number of nitrogens with one attached hydrogen (secondary N) is 1. The predicted octanol–water partition coefficient (Wildman–Crippen LogP) is 3.95. The fraction of sp³-hybridized carbons (Fsp3) is 0.105. The van der Waals surface area contributed by atoms with E-state index in [1.54, 1.807) is 17.8 Å². The highest BCUT2D eigenvalue weighted by Crippen LogP contribution is 2.35. The first-order valence-electron chi connectivity index (χ1n) is 8.00. The van der Waals surface area contributed by atoms with E-state index in [2.05, 4.69) is 15.4 Å². The number of thiophene rings is 1. The van der Waals surface area contributed by atoms with Gasteiger partial charge in [0, 0.05) is 35.9 Å². The number of aromatic nitrogens is 3. The van der Waals surface area contributed by atoms with Gasteiger partial charge in [0.2, 0.25) is 0 Å². The van der Waals surface area contributed by atoms with Gasteiger partial charge in [-0.25, -0.2) is 14.3 Å². The first-order chi connectivity index (χ1) is 12.7. The van der Waals surface area contributed by atoms with E-state index in [-0.39, 0.29) is 5.97 Å². The zero-order chi connectivity index (χ0) is 18.1. The Morgan fingerprint density at radius 3 is 2.65 bits per heavy atom. The Bertz CT molecular complexity index is 1050. The molecule has 1 aromatic carbocycles. The van der Waals surface area contributed by atoms with Gasteiger partial charge in [0.25, 0.3) is 0 Å². The molecule has 0 spiro atoms. The average molecular weight is 364 g/mol. The summed E-state index contributed by atoms with van der Waals surface area (Å²) in [6.45, 7) is 0. The lowest BCUT2D eigenvalue weighted by molar-refractivity contribution is 0.0607. The average Bonchev–Trinajstić information content (AvgIpc) is 3.31. The third-order valence-electron chi connectivity index (χ3n) is 4.07. The van der Waals surface area contributed by atoms with Gasteiger partial charge in [-0.05, 0) is 17.7 Å². The van der Waals surface area contributed by atoms with Crippen molar-refractivity contribution in [2.75, 3.05) is 19.5 Å². The van der Waals surface area contributed by atoms with Gasteiger partial charge in [0.15, 0.2) is 5.65 Å². The van der Waals surface area contributed by atoms with Crippen LogP contribution in [0, 0.1) is 0 Å². The minimum atomic E-state index is -0.334. The van der Waals surface area contributed by atoms with Gasteiger partial charge in [-0.15, -0.1) is 11.3 Å². The molecule has 1 N–H and O–H groups in total. The molecule has 7 heteroatoms. The van der Waals surface area contributed by atoms with Gasteiger partial charge in [0.1, 0.15) is 4.88 Å². The van der Waals surface area contributed by atoms with Crippen molar-refractivity contribution in [2.45, 2.75) is 0 Å². The number of rotatable bonds is 4. The van der Waals surface area contributed by atoms with Crippen LogP contribution in [0.4, 0.5) is 5.69 Å². The minimum absolute atomic E-state index is 0.334. The summed E-state index contributed by atoms with van der Waals surface area (Å²) in [4.78, 5) is 17.8. The molecule has 3 aromatic heterocycles. The molecule has 0 radical (unpaired) electrons. The molecule has 0 saturated heterocycles. The first-order valence-corrected chi connectivity index (χ1v) is 8.82. The maximum absolute atomic E-state index is 11.9. The molecule has 0 atom stereocenters. The van der Waals surface area contributed by atoms with Crippen molar-refractivity contribution in [3.05, 3.63) is 59.7 Å². The topological polar surface area (TPSA) is 68.5 Å². The molecule has 0 bridgehead atoms. The Labute approximate surface area is 154 Å². The summed E-state index contributed by atoms with van der Waals surface area (Å²) >= 11 is 1.41. The third-order valence-corrected chi connectivity index (χ3v) is 5.24. The quantitative estimate of drug-likeness (QED) is 0.555. The van der Waals surface area contributed by atoms with Crippen LogP contribution in [0.1, 0.15) is 9.67 Å². The number of carbonyl (C=O) groups is 1. The number of esters is 1. The number of carbonyl (C=O) groups excluding carboxylic acids is 1. The van der Waals surface area contributed by atoms with E-state index in [0.717, 1.165) is 33.0 Å². The number of hydrogen-bond acceptors (Lipinski definition) is 6. The number of hydrogen-bond donors (Lipinski definition) is 1. The van der Waals surface area contributed by atoms with E-state index in [0.29, 0.717) is 4.88 Å². The highest BCUT2D eigenvalue weighted by Gasteiger charge is 2.17. The molecular formula is C19H16N4O2S. The van der Waals surface area contributed by atoms with Crippen LogP contribution < -0.4 is 5.32 Å². The first kappa shape index (κ1) is 16.3. The van der Waals surface area contributed by atoms with Gasteiger partial charge >= 0.3 is 5.97 Å². The van der Waals surface area contributed by atoms with Gasteiger partial charge in [-0.1, -0.05) is 24.3 Å². The van der Waals surface area contributed by atoms with Gasteiger partial charge in [-0.3, -0.25) is 0 Å². The van der Waals surface area contributed by atoms with E-state index in [9.17, 15) is 4.79 Å². The van der Waals surface area contributed by atoms with Crippen LogP contribution in [0.3, 0.4) is 0 Å². The summed E-state index contributed by atoms with van der Waals surface area (Å²) in [6.07, 6.45) is 3.62. The van der Waals surface area contributed by atoms with Gasteiger partial charge < -0.3 is 10.1 Å². The maximum atomic E-state index is 11.9. The number of nitrogens with zero attached hydrogens (tertiary/aromatic N) is 3. The summed E-state index contributed by atoms with van der Waals surface area (Å²) in [5.74, 6) is -0.334. The monoisotopic (exact) mass is 364 g/mol. The second-order valence-electron chi connectivity index (χ2n) is 5.62. The predicted molar refractivity (Wildman–Crippen MR) is 103 cm³/mol. The Kier molecular flexibility index (Phi) is 4.14. The molecular weight excluding hydrogens is 348 g/mol.